The van der Waals surface area contributed by atoms with Crippen molar-refractivity contribution in [3.05, 3.63) is 0 Å². The van der Waals surface area contributed by atoms with Gasteiger partial charge in [-0.3, -0.25) is 14.5 Å². The Kier molecular flexibility index (Phi) is 5.19. The first-order valence-corrected chi connectivity index (χ1v) is 7.44. The van der Waals surface area contributed by atoms with Crippen molar-refractivity contribution in [2.45, 2.75) is 63.5 Å². The van der Waals surface area contributed by atoms with E-state index in [1.807, 2.05) is 0 Å². The molecule has 1 unspecified atom stereocenters. The summed E-state index contributed by atoms with van der Waals surface area (Å²) in [6, 6.07) is 0.222. The van der Waals surface area contributed by atoms with Gasteiger partial charge in [0.25, 0.3) is 0 Å². The number of carbonyl (C=O) groups excluding carboxylic acids is 1. The van der Waals surface area contributed by atoms with Crippen LogP contribution in [0.1, 0.15) is 51.4 Å². The number of amides is 1. The Labute approximate surface area is 114 Å². The van der Waals surface area contributed by atoms with Crippen LogP contribution in [0.3, 0.4) is 0 Å². The quantitative estimate of drug-likeness (QED) is 0.756. The Morgan fingerprint density at radius 1 is 1.26 bits per heavy atom. The lowest BCUT2D eigenvalue weighted by molar-refractivity contribution is -0.138. The lowest BCUT2D eigenvalue weighted by atomic mass is 9.99. The van der Waals surface area contributed by atoms with Crippen molar-refractivity contribution >= 4 is 11.9 Å². The molecule has 5 nitrogen and oxygen atoms in total. The van der Waals surface area contributed by atoms with Crippen LogP contribution in [0.25, 0.3) is 0 Å². The molecule has 5 heteroatoms. The number of hydrogen-bond acceptors (Lipinski definition) is 3. The first kappa shape index (κ1) is 14.3. The van der Waals surface area contributed by atoms with Crippen LogP contribution in [0, 0.1) is 0 Å². The molecule has 108 valence electrons. The zero-order valence-electron chi connectivity index (χ0n) is 11.4. The van der Waals surface area contributed by atoms with Crippen molar-refractivity contribution < 1.29 is 14.7 Å². The maximum absolute atomic E-state index is 12.0. The van der Waals surface area contributed by atoms with Gasteiger partial charge >= 0.3 is 5.97 Å². The van der Waals surface area contributed by atoms with Crippen LogP contribution in [0.4, 0.5) is 0 Å². The molecule has 2 aliphatic rings. The molecule has 2 N–H and O–H groups in total. The molecular formula is C14H24N2O3. The second-order valence-corrected chi connectivity index (χ2v) is 5.62. The Bertz CT molecular complexity index is 325. The molecule has 1 aliphatic heterocycles. The molecule has 1 heterocycles. The fraction of sp³-hybridized carbons (Fsp3) is 0.857. The molecule has 2 fully saturated rings. The second-order valence-electron chi connectivity index (χ2n) is 5.62. The number of hydrogen-bond donors (Lipinski definition) is 2. The molecule has 0 aromatic heterocycles. The normalized spacial score (nSPS) is 26.7. The number of rotatable bonds is 4. The third-order valence-corrected chi connectivity index (χ3v) is 4.30. The van der Waals surface area contributed by atoms with Gasteiger partial charge in [0.05, 0.1) is 6.04 Å². The minimum atomic E-state index is -0.820. The molecule has 0 bridgehead atoms. The van der Waals surface area contributed by atoms with Crippen molar-refractivity contribution in [2.24, 2.45) is 0 Å². The van der Waals surface area contributed by atoms with Crippen molar-refractivity contribution in [1.29, 1.82) is 0 Å². The summed E-state index contributed by atoms with van der Waals surface area (Å²) in [6.07, 6.45) is 7.84. The summed E-state index contributed by atoms with van der Waals surface area (Å²) < 4.78 is 0. The summed E-state index contributed by atoms with van der Waals surface area (Å²) >= 11 is 0. The Morgan fingerprint density at radius 2 is 1.95 bits per heavy atom. The first-order valence-electron chi connectivity index (χ1n) is 7.44. The fourth-order valence-corrected chi connectivity index (χ4v) is 3.32. The summed E-state index contributed by atoms with van der Waals surface area (Å²) in [5, 5.41) is 11.7. The van der Waals surface area contributed by atoms with Crippen LogP contribution < -0.4 is 5.32 Å². The van der Waals surface area contributed by atoms with Gasteiger partial charge in [-0.2, -0.15) is 0 Å². The van der Waals surface area contributed by atoms with E-state index in [9.17, 15) is 9.59 Å². The summed E-state index contributed by atoms with van der Waals surface area (Å²) in [5.74, 6) is -0.809. The standard InChI is InChI=1S/C14H24N2O3/c17-13(18)8-7-12-14(19)15-9-10-16(12)11-5-3-1-2-4-6-11/h11-12H,1-10H2,(H,15,19)(H,17,18). The molecule has 0 aromatic rings. The number of carboxylic acids is 1. The number of carbonyl (C=O) groups is 2. The zero-order chi connectivity index (χ0) is 13.7. The molecular weight excluding hydrogens is 244 g/mol. The van der Waals surface area contributed by atoms with E-state index in [4.69, 9.17) is 5.11 Å². The average molecular weight is 268 g/mol. The van der Waals surface area contributed by atoms with Crippen LogP contribution >= 0.6 is 0 Å². The summed E-state index contributed by atoms with van der Waals surface area (Å²) in [6.45, 7) is 1.56. The molecule has 1 amide bonds. The minimum Gasteiger partial charge on any atom is -0.481 e. The van der Waals surface area contributed by atoms with E-state index in [1.165, 1.54) is 25.7 Å². The molecule has 0 spiro atoms. The van der Waals surface area contributed by atoms with Crippen molar-refractivity contribution in [3.63, 3.8) is 0 Å². The lowest BCUT2D eigenvalue weighted by Gasteiger charge is -2.40. The van der Waals surface area contributed by atoms with E-state index in [0.717, 1.165) is 19.4 Å². The Hall–Kier alpha value is -1.10. The SMILES string of the molecule is O=C(O)CCC1C(=O)NCCN1C1CCCCCC1. The highest BCUT2D eigenvalue weighted by Crippen LogP contribution is 2.25. The highest BCUT2D eigenvalue weighted by Gasteiger charge is 2.34. The zero-order valence-corrected chi connectivity index (χ0v) is 11.4. The van der Waals surface area contributed by atoms with Gasteiger partial charge in [-0.25, -0.2) is 0 Å². The smallest absolute Gasteiger partial charge is 0.303 e. The van der Waals surface area contributed by atoms with E-state index in [1.54, 1.807) is 0 Å². The van der Waals surface area contributed by atoms with Crippen LogP contribution in [-0.4, -0.2) is 47.1 Å². The van der Waals surface area contributed by atoms with Crippen LogP contribution in [0.2, 0.25) is 0 Å². The molecule has 0 radical (unpaired) electrons. The molecule has 0 aromatic carbocycles. The molecule has 1 saturated heterocycles. The fourth-order valence-electron chi connectivity index (χ4n) is 3.32. The largest absolute Gasteiger partial charge is 0.481 e. The third-order valence-electron chi connectivity index (χ3n) is 4.30. The molecule has 1 atom stereocenters. The van der Waals surface area contributed by atoms with Gasteiger partial charge in [-0.05, 0) is 19.3 Å². The summed E-state index contributed by atoms with van der Waals surface area (Å²) in [7, 11) is 0. The number of piperazine rings is 1. The van der Waals surface area contributed by atoms with E-state index < -0.39 is 5.97 Å². The second kappa shape index (κ2) is 6.89. The lowest BCUT2D eigenvalue weighted by Crippen LogP contribution is -2.58. The maximum atomic E-state index is 12.0. The Morgan fingerprint density at radius 3 is 2.58 bits per heavy atom. The van der Waals surface area contributed by atoms with Crippen molar-refractivity contribution in [1.82, 2.24) is 10.2 Å². The molecule has 1 saturated carbocycles. The molecule has 19 heavy (non-hydrogen) atoms. The number of aliphatic carboxylic acids is 1. The van der Waals surface area contributed by atoms with Gasteiger partial charge < -0.3 is 10.4 Å². The van der Waals surface area contributed by atoms with Gasteiger partial charge in [-0.15, -0.1) is 0 Å². The van der Waals surface area contributed by atoms with Gasteiger partial charge in [0, 0.05) is 25.6 Å². The van der Waals surface area contributed by atoms with Crippen molar-refractivity contribution in [2.75, 3.05) is 13.1 Å². The number of carboxylic acid groups (broad SMARTS) is 1. The van der Waals surface area contributed by atoms with Crippen LogP contribution in [0.5, 0.6) is 0 Å². The number of nitrogens with one attached hydrogen (secondary N) is 1. The van der Waals surface area contributed by atoms with Crippen LogP contribution in [-0.2, 0) is 9.59 Å². The first-order chi connectivity index (χ1) is 9.18. The van der Waals surface area contributed by atoms with Crippen LogP contribution in [0.15, 0.2) is 0 Å². The topological polar surface area (TPSA) is 69.6 Å². The maximum Gasteiger partial charge on any atom is 0.303 e. The monoisotopic (exact) mass is 268 g/mol. The van der Waals surface area contributed by atoms with Gasteiger partial charge in [0.1, 0.15) is 0 Å². The predicted octanol–water partition coefficient (Wildman–Crippen LogP) is 1.37. The highest BCUT2D eigenvalue weighted by atomic mass is 16.4. The third kappa shape index (κ3) is 3.93. The molecule has 2 rings (SSSR count). The van der Waals surface area contributed by atoms with E-state index >= 15 is 0 Å². The van der Waals surface area contributed by atoms with Gasteiger partial charge in [0.15, 0.2) is 0 Å². The highest BCUT2D eigenvalue weighted by molar-refractivity contribution is 5.83. The van der Waals surface area contributed by atoms with Crippen molar-refractivity contribution in [3.8, 4) is 0 Å². The minimum absolute atomic E-state index is 0.0109. The van der Waals surface area contributed by atoms with E-state index in [0.29, 0.717) is 19.0 Å². The van der Waals surface area contributed by atoms with E-state index in [2.05, 4.69) is 10.2 Å². The molecule has 1 aliphatic carbocycles. The predicted molar refractivity (Wildman–Crippen MR) is 71.9 cm³/mol. The summed E-state index contributed by atoms with van der Waals surface area (Å²) in [5.41, 5.74) is 0. The van der Waals surface area contributed by atoms with E-state index in [-0.39, 0.29) is 18.4 Å². The van der Waals surface area contributed by atoms with Gasteiger partial charge in [-0.1, -0.05) is 25.7 Å². The summed E-state index contributed by atoms with van der Waals surface area (Å²) in [4.78, 5) is 25.0. The average Bonchev–Trinajstić information content (AvgIpc) is 2.65. The Balaban J connectivity index is 2.00. The number of nitrogens with zero attached hydrogens (tertiary/aromatic N) is 1. The van der Waals surface area contributed by atoms with Gasteiger partial charge in [0.2, 0.25) is 5.91 Å².